The van der Waals surface area contributed by atoms with Crippen molar-refractivity contribution >= 4 is 21.7 Å². The second kappa shape index (κ2) is 11.2. The lowest BCUT2D eigenvalue weighted by Gasteiger charge is -2.53. The Morgan fingerprint density at radius 1 is 0.891 bits per heavy atom. The molecule has 0 spiro atoms. The Balaban J connectivity index is 1.67. The monoisotopic (exact) mass is 685 g/mol. The number of hydrogen-bond donors (Lipinski definition) is 1. The lowest BCUT2D eigenvalue weighted by Crippen LogP contribution is -2.64. The largest absolute Gasteiger partial charge is 0.481 e. The number of aryl methyl sites for hydroxylation is 1. The zero-order chi connectivity index (χ0) is 34.1. The van der Waals surface area contributed by atoms with Gasteiger partial charge in [0.25, 0.3) is 5.91 Å². The van der Waals surface area contributed by atoms with Crippen LogP contribution in [-0.2, 0) is 36.3 Å². The molecule has 46 heavy (non-hydrogen) atoms. The number of amides is 1. The smallest absolute Gasteiger partial charge is 0.435 e. The number of likely N-dealkylation sites (tertiary alicyclic amines) is 1. The Morgan fingerprint density at radius 3 is 2.09 bits per heavy atom. The van der Waals surface area contributed by atoms with Crippen molar-refractivity contribution < 1.29 is 62.6 Å². The van der Waals surface area contributed by atoms with E-state index in [4.69, 9.17) is 0 Å². The second-order valence-electron chi connectivity index (χ2n) is 12.1. The predicted molar refractivity (Wildman–Crippen MR) is 143 cm³/mol. The zero-order valence-corrected chi connectivity index (χ0v) is 24.7. The fourth-order valence-electron chi connectivity index (χ4n) is 7.34. The molecule has 2 aromatic rings. The molecule has 1 heterocycles. The highest BCUT2D eigenvalue weighted by atomic mass is 32.2. The van der Waals surface area contributed by atoms with Gasteiger partial charge in [0.15, 0.2) is 15.5 Å². The van der Waals surface area contributed by atoms with Crippen LogP contribution in [0.4, 0.5) is 39.5 Å². The number of aliphatic carboxylic acids is 1. The lowest BCUT2D eigenvalue weighted by atomic mass is 9.71. The minimum absolute atomic E-state index is 0.107. The van der Waals surface area contributed by atoms with Crippen molar-refractivity contribution in [1.29, 1.82) is 0 Å². The van der Waals surface area contributed by atoms with Crippen LogP contribution in [0.25, 0.3) is 0 Å². The number of rotatable bonds is 5. The fourth-order valence-corrected chi connectivity index (χ4v) is 9.79. The van der Waals surface area contributed by atoms with E-state index in [0.717, 1.165) is 23.1 Å². The Kier molecular flexibility index (Phi) is 8.25. The second-order valence-corrected chi connectivity index (χ2v) is 14.3. The highest BCUT2D eigenvalue weighted by Gasteiger charge is 2.74. The van der Waals surface area contributed by atoms with Crippen molar-refractivity contribution in [3.05, 3.63) is 65.0 Å². The van der Waals surface area contributed by atoms with Gasteiger partial charge in [-0.3, -0.25) is 9.59 Å². The van der Waals surface area contributed by atoms with E-state index in [0.29, 0.717) is 18.2 Å². The molecule has 2 atom stereocenters. The molecule has 0 aromatic heterocycles. The summed E-state index contributed by atoms with van der Waals surface area (Å²) in [7, 11) is -4.83. The van der Waals surface area contributed by atoms with Crippen molar-refractivity contribution in [2.75, 3.05) is 6.54 Å². The SMILES string of the molecule is O=C(O)[C@H]1CC[C@](F)(C(=O)N2CCCC3(S(=O)(=O)c4cccc(F)c4)c4ccc(C(F)(C(F)(F)F)C(F)(F)F)cc4CCC23)CC1. The summed E-state index contributed by atoms with van der Waals surface area (Å²) in [6, 6.07) is 3.53. The van der Waals surface area contributed by atoms with Crippen LogP contribution in [-0.4, -0.2) is 60.9 Å². The van der Waals surface area contributed by atoms with E-state index in [1.165, 1.54) is 0 Å². The van der Waals surface area contributed by atoms with Crippen molar-refractivity contribution in [2.24, 2.45) is 5.92 Å². The van der Waals surface area contributed by atoms with Gasteiger partial charge < -0.3 is 10.0 Å². The standard InChI is InChI=1S/C30H28F9NO5S/c31-20-3-1-4-21(16-20)46(44,45)27-11-2-14-40(25(43)26(32)12-9-17(10-13-26)24(41)42)23(27)8-5-18-15-19(6-7-22(18)27)28(33,29(34,35)36)30(37,38)39/h1,3-4,6-7,15-17,23H,2,5,8-14H2,(H,41,42)/t17-,23?,26+,27?. The lowest BCUT2D eigenvalue weighted by molar-refractivity contribution is -0.348. The molecule has 1 aliphatic heterocycles. The number of carboxylic acids is 1. The highest BCUT2D eigenvalue weighted by molar-refractivity contribution is 7.92. The van der Waals surface area contributed by atoms with Crippen LogP contribution in [0, 0.1) is 11.7 Å². The number of carbonyl (C=O) groups is 2. The first kappa shape index (κ1) is 34.0. The van der Waals surface area contributed by atoms with Gasteiger partial charge in [0.1, 0.15) is 10.6 Å². The molecule has 2 aromatic carbocycles. The molecule has 1 saturated heterocycles. The first-order valence-electron chi connectivity index (χ1n) is 14.4. The Labute approximate surface area is 257 Å². The molecule has 2 aliphatic carbocycles. The molecular formula is C30H28F9NO5S. The number of carbonyl (C=O) groups excluding carboxylic acids is 1. The molecule has 0 radical (unpaired) electrons. The molecule has 16 heteroatoms. The molecule has 6 nitrogen and oxygen atoms in total. The Hall–Kier alpha value is -3.30. The van der Waals surface area contributed by atoms with Crippen LogP contribution in [0.1, 0.15) is 61.6 Å². The first-order chi connectivity index (χ1) is 21.2. The number of fused-ring (bicyclic) bond motifs is 3. The van der Waals surface area contributed by atoms with Gasteiger partial charge in [-0.05, 0) is 80.7 Å². The third-order valence-corrected chi connectivity index (χ3v) is 12.2. The number of carboxylic acid groups (broad SMARTS) is 1. The molecule has 0 bridgehead atoms. The number of sulfone groups is 1. The molecule has 1 amide bonds. The minimum Gasteiger partial charge on any atom is -0.481 e. The summed E-state index contributed by atoms with van der Waals surface area (Å²) in [5, 5.41) is 9.29. The van der Waals surface area contributed by atoms with Gasteiger partial charge in [-0.1, -0.05) is 24.3 Å². The summed E-state index contributed by atoms with van der Waals surface area (Å²) < 4.78 is 154. The first-order valence-corrected chi connectivity index (χ1v) is 15.9. The van der Waals surface area contributed by atoms with E-state index in [2.05, 4.69) is 0 Å². The number of hydrogen-bond acceptors (Lipinski definition) is 4. The molecule has 252 valence electrons. The maximum absolute atomic E-state index is 16.2. The number of piperidine rings is 1. The van der Waals surface area contributed by atoms with E-state index >= 15 is 8.78 Å². The van der Waals surface area contributed by atoms with E-state index in [9.17, 15) is 53.8 Å². The van der Waals surface area contributed by atoms with Crippen LogP contribution in [0.5, 0.6) is 0 Å². The number of benzene rings is 2. The zero-order valence-electron chi connectivity index (χ0n) is 23.9. The molecule has 2 fully saturated rings. The summed E-state index contributed by atoms with van der Waals surface area (Å²) in [4.78, 5) is 25.6. The van der Waals surface area contributed by atoms with Crippen molar-refractivity contribution in [2.45, 2.75) is 90.7 Å². The van der Waals surface area contributed by atoms with E-state index in [1.54, 1.807) is 0 Å². The van der Waals surface area contributed by atoms with Gasteiger partial charge in [-0.25, -0.2) is 21.6 Å². The van der Waals surface area contributed by atoms with Crippen molar-refractivity contribution in [3.63, 3.8) is 0 Å². The summed E-state index contributed by atoms with van der Waals surface area (Å²) >= 11 is 0. The van der Waals surface area contributed by atoms with Gasteiger partial charge >= 0.3 is 24.0 Å². The van der Waals surface area contributed by atoms with Crippen LogP contribution in [0.3, 0.4) is 0 Å². The van der Waals surface area contributed by atoms with Crippen molar-refractivity contribution in [3.8, 4) is 0 Å². The maximum Gasteiger partial charge on any atom is 0.435 e. The third-order valence-electron chi connectivity index (χ3n) is 9.65. The number of halogens is 9. The average molecular weight is 686 g/mol. The summed E-state index contributed by atoms with van der Waals surface area (Å²) in [6.45, 7) is -0.152. The van der Waals surface area contributed by atoms with Gasteiger partial charge in [0.2, 0.25) is 0 Å². The van der Waals surface area contributed by atoms with E-state index in [-0.39, 0.29) is 55.8 Å². The van der Waals surface area contributed by atoms with Gasteiger partial charge in [-0.15, -0.1) is 0 Å². The number of alkyl halides is 8. The number of nitrogens with zero attached hydrogens (tertiary/aromatic N) is 1. The normalized spacial score (nSPS) is 27.5. The molecule has 2 unspecified atom stereocenters. The minimum atomic E-state index is -6.43. The highest BCUT2D eigenvalue weighted by Crippen LogP contribution is 2.57. The maximum atomic E-state index is 16.2. The molecule has 3 aliphatic rings. The third kappa shape index (κ3) is 5.05. The topological polar surface area (TPSA) is 91.8 Å². The van der Waals surface area contributed by atoms with Crippen LogP contribution < -0.4 is 0 Å². The summed E-state index contributed by atoms with van der Waals surface area (Å²) in [6.07, 6.45) is -15.3. The van der Waals surface area contributed by atoms with Gasteiger partial charge in [0, 0.05) is 12.1 Å². The van der Waals surface area contributed by atoms with Crippen LogP contribution in [0.2, 0.25) is 0 Å². The fraction of sp³-hybridized carbons (Fsp3) is 0.533. The Bertz CT molecular complexity index is 1640. The summed E-state index contributed by atoms with van der Waals surface area (Å²) in [5.41, 5.74) is -10.8. The molecular weight excluding hydrogens is 657 g/mol. The van der Waals surface area contributed by atoms with Crippen molar-refractivity contribution in [1.82, 2.24) is 4.90 Å². The van der Waals surface area contributed by atoms with Gasteiger partial charge in [0.05, 0.1) is 16.9 Å². The summed E-state index contributed by atoms with van der Waals surface area (Å²) in [5.74, 6) is -4.14. The molecule has 1 saturated carbocycles. The molecule has 5 rings (SSSR count). The van der Waals surface area contributed by atoms with Crippen LogP contribution in [0.15, 0.2) is 47.4 Å². The van der Waals surface area contributed by atoms with Crippen LogP contribution >= 0.6 is 0 Å². The Morgan fingerprint density at radius 2 is 1.52 bits per heavy atom. The average Bonchev–Trinajstić information content (AvgIpc) is 2.98. The predicted octanol–water partition coefficient (Wildman–Crippen LogP) is 6.70. The molecule has 1 N–H and O–H groups in total. The van der Waals surface area contributed by atoms with E-state index < -0.39 is 97.6 Å². The quantitative estimate of drug-likeness (QED) is 0.354. The van der Waals surface area contributed by atoms with E-state index in [1.807, 2.05) is 0 Å². The van der Waals surface area contributed by atoms with Gasteiger partial charge in [-0.2, -0.15) is 26.3 Å².